The third-order valence-electron chi connectivity index (χ3n) is 2.66. The van der Waals surface area contributed by atoms with E-state index in [1.807, 2.05) is 0 Å². The average Bonchev–Trinajstić information content (AvgIpc) is 2.73. The molecule has 104 valence electrons. The van der Waals surface area contributed by atoms with Crippen LogP contribution in [0.4, 0.5) is 5.82 Å². The lowest BCUT2D eigenvalue weighted by atomic mass is 10.3. The van der Waals surface area contributed by atoms with E-state index in [2.05, 4.69) is 20.3 Å². The van der Waals surface area contributed by atoms with Crippen molar-refractivity contribution in [2.45, 2.75) is 17.4 Å². The molecule has 1 aliphatic rings. The molecule has 1 saturated heterocycles. The topological polar surface area (TPSA) is 100 Å². The molecule has 1 amide bonds. The van der Waals surface area contributed by atoms with Crippen molar-refractivity contribution in [1.82, 2.24) is 15.0 Å². The molecule has 0 bridgehead atoms. The molecule has 0 saturated carbocycles. The SMILES string of the molecule is CNc1ncc(S(=O)(=O)NC2CNC(=O)C2)cc1Cl. The fourth-order valence-electron chi connectivity index (χ4n) is 1.73. The number of pyridine rings is 1. The van der Waals surface area contributed by atoms with Crippen LogP contribution in [0.15, 0.2) is 17.2 Å². The standard InChI is InChI=1S/C10H13ClN4O3S/c1-12-10-8(11)3-7(5-14-10)19(17,18)15-6-2-9(16)13-4-6/h3,5-6,15H,2,4H2,1H3,(H,12,14)(H,13,16). The normalized spacial score (nSPS) is 19.3. The minimum Gasteiger partial charge on any atom is -0.372 e. The first kappa shape index (κ1) is 14.0. The fourth-order valence-corrected chi connectivity index (χ4v) is 3.26. The number of hydrogen-bond acceptors (Lipinski definition) is 5. The predicted molar refractivity (Wildman–Crippen MR) is 70.5 cm³/mol. The van der Waals surface area contributed by atoms with Crippen LogP contribution in [0.5, 0.6) is 0 Å². The second kappa shape index (κ2) is 5.32. The van der Waals surface area contributed by atoms with Crippen LogP contribution in [0.2, 0.25) is 5.02 Å². The van der Waals surface area contributed by atoms with Gasteiger partial charge in [0.25, 0.3) is 0 Å². The third-order valence-corrected chi connectivity index (χ3v) is 4.44. The molecule has 7 nitrogen and oxygen atoms in total. The Morgan fingerprint density at radius 3 is 2.79 bits per heavy atom. The van der Waals surface area contributed by atoms with Crippen molar-refractivity contribution < 1.29 is 13.2 Å². The van der Waals surface area contributed by atoms with Gasteiger partial charge < -0.3 is 10.6 Å². The number of carbonyl (C=O) groups excluding carboxylic acids is 1. The van der Waals surface area contributed by atoms with Gasteiger partial charge in [0.15, 0.2) is 0 Å². The first-order valence-corrected chi connectivity index (χ1v) is 7.41. The molecular formula is C10H13ClN4O3S. The Hall–Kier alpha value is -1.38. The summed E-state index contributed by atoms with van der Waals surface area (Å²) in [5.74, 6) is 0.229. The Morgan fingerprint density at radius 2 is 2.26 bits per heavy atom. The van der Waals surface area contributed by atoms with E-state index in [4.69, 9.17) is 11.6 Å². The zero-order valence-electron chi connectivity index (χ0n) is 10.1. The van der Waals surface area contributed by atoms with Crippen LogP contribution < -0.4 is 15.4 Å². The summed E-state index contributed by atoms with van der Waals surface area (Å²) in [6, 6.07) is 0.868. The summed E-state index contributed by atoms with van der Waals surface area (Å²) >= 11 is 5.89. The number of aromatic nitrogens is 1. The Morgan fingerprint density at radius 1 is 1.53 bits per heavy atom. The number of amides is 1. The van der Waals surface area contributed by atoms with Gasteiger partial charge in [-0.05, 0) is 6.07 Å². The minimum absolute atomic E-state index is 0.0316. The van der Waals surface area contributed by atoms with E-state index in [9.17, 15) is 13.2 Å². The van der Waals surface area contributed by atoms with Gasteiger partial charge in [-0.15, -0.1) is 0 Å². The zero-order valence-corrected chi connectivity index (χ0v) is 11.7. The van der Waals surface area contributed by atoms with Crippen LogP contribution in [0.3, 0.4) is 0 Å². The van der Waals surface area contributed by atoms with E-state index in [1.165, 1.54) is 12.3 Å². The molecule has 2 heterocycles. The van der Waals surface area contributed by atoms with Crippen LogP contribution in [0.1, 0.15) is 6.42 Å². The Labute approximate surface area is 115 Å². The van der Waals surface area contributed by atoms with E-state index in [1.54, 1.807) is 7.05 Å². The van der Waals surface area contributed by atoms with Gasteiger partial charge >= 0.3 is 0 Å². The van der Waals surface area contributed by atoms with E-state index >= 15 is 0 Å². The second-order valence-corrected chi connectivity index (χ2v) is 6.20. The average molecular weight is 305 g/mol. The molecule has 0 spiro atoms. The number of nitrogens with one attached hydrogen (secondary N) is 3. The van der Waals surface area contributed by atoms with Crippen molar-refractivity contribution in [3.8, 4) is 0 Å². The van der Waals surface area contributed by atoms with Crippen LogP contribution in [-0.4, -0.2) is 38.9 Å². The maximum absolute atomic E-state index is 12.1. The lowest BCUT2D eigenvalue weighted by Gasteiger charge is -2.12. The van der Waals surface area contributed by atoms with Crippen LogP contribution in [0, 0.1) is 0 Å². The van der Waals surface area contributed by atoms with Gasteiger partial charge in [-0.1, -0.05) is 11.6 Å². The molecule has 1 aromatic heterocycles. The summed E-state index contributed by atoms with van der Waals surface area (Å²) in [4.78, 5) is 14.9. The molecule has 0 radical (unpaired) electrons. The van der Waals surface area contributed by atoms with E-state index in [0.717, 1.165) is 0 Å². The molecule has 1 atom stereocenters. The molecule has 9 heteroatoms. The Bertz CT molecular complexity index is 605. The molecule has 19 heavy (non-hydrogen) atoms. The van der Waals surface area contributed by atoms with Crippen molar-refractivity contribution in [1.29, 1.82) is 0 Å². The highest BCUT2D eigenvalue weighted by Crippen LogP contribution is 2.22. The van der Waals surface area contributed by atoms with Crippen LogP contribution in [-0.2, 0) is 14.8 Å². The number of halogens is 1. The summed E-state index contributed by atoms with van der Waals surface area (Å²) in [6.45, 7) is 0.286. The first-order chi connectivity index (χ1) is 8.92. The minimum atomic E-state index is -3.73. The maximum Gasteiger partial charge on any atom is 0.242 e. The summed E-state index contributed by atoms with van der Waals surface area (Å²) in [6.07, 6.45) is 1.35. The molecule has 1 aromatic rings. The summed E-state index contributed by atoms with van der Waals surface area (Å²) in [7, 11) is -2.10. The van der Waals surface area contributed by atoms with Crippen molar-refractivity contribution in [3.05, 3.63) is 17.3 Å². The van der Waals surface area contributed by atoms with Crippen LogP contribution >= 0.6 is 11.6 Å². The van der Waals surface area contributed by atoms with Crippen LogP contribution in [0.25, 0.3) is 0 Å². The highest BCUT2D eigenvalue weighted by atomic mass is 35.5. The molecule has 1 aliphatic heterocycles. The molecule has 0 aliphatic carbocycles. The molecule has 1 fully saturated rings. The summed E-state index contributed by atoms with van der Waals surface area (Å²) in [5, 5.41) is 5.51. The highest BCUT2D eigenvalue weighted by molar-refractivity contribution is 7.89. The summed E-state index contributed by atoms with van der Waals surface area (Å²) < 4.78 is 26.6. The van der Waals surface area contributed by atoms with Gasteiger partial charge in [-0.3, -0.25) is 4.79 Å². The van der Waals surface area contributed by atoms with Gasteiger partial charge in [0.1, 0.15) is 10.7 Å². The smallest absolute Gasteiger partial charge is 0.242 e. The van der Waals surface area contributed by atoms with Crippen molar-refractivity contribution in [2.75, 3.05) is 18.9 Å². The van der Waals surface area contributed by atoms with E-state index in [0.29, 0.717) is 5.82 Å². The number of hydrogen-bond donors (Lipinski definition) is 3. The lowest BCUT2D eigenvalue weighted by molar-refractivity contribution is -0.119. The zero-order chi connectivity index (χ0) is 14.0. The van der Waals surface area contributed by atoms with Gasteiger partial charge in [0.05, 0.1) is 5.02 Å². The van der Waals surface area contributed by atoms with Gasteiger partial charge in [0, 0.05) is 32.3 Å². The van der Waals surface area contributed by atoms with Gasteiger partial charge in [-0.25, -0.2) is 18.1 Å². The van der Waals surface area contributed by atoms with Gasteiger partial charge in [0.2, 0.25) is 15.9 Å². The Kier molecular flexibility index (Phi) is 3.93. The maximum atomic E-state index is 12.1. The highest BCUT2D eigenvalue weighted by Gasteiger charge is 2.27. The number of anilines is 1. The lowest BCUT2D eigenvalue weighted by Crippen LogP contribution is -2.36. The molecule has 1 unspecified atom stereocenters. The second-order valence-electron chi connectivity index (χ2n) is 4.08. The molecule has 3 N–H and O–H groups in total. The Balaban J connectivity index is 2.19. The molecule has 2 rings (SSSR count). The number of rotatable bonds is 4. The van der Waals surface area contributed by atoms with E-state index in [-0.39, 0.29) is 28.8 Å². The molecule has 0 aromatic carbocycles. The largest absolute Gasteiger partial charge is 0.372 e. The van der Waals surface area contributed by atoms with Crippen molar-refractivity contribution in [3.63, 3.8) is 0 Å². The number of nitrogens with zero attached hydrogens (tertiary/aromatic N) is 1. The number of carbonyl (C=O) groups is 1. The van der Waals surface area contributed by atoms with Crippen molar-refractivity contribution in [2.24, 2.45) is 0 Å². The third kappa shape index (κ3) is 3.14. The summed E-state index contributed by atoms with van der Waals surface area (Å²) in [5.41, 5.74) is 0. The fraction of sp³-hybridized carbons (Fsp3) is 0.400. The first-order valence-electron chi connectivity index (χ1n) is 5.54. The quantitative estimate of drug-likeness (QED) is 0.724. The van der Waals surface area contributed by atoms with Gasteiger partial charge in [-0.2, -0.15) is 0 Å². The molecular weight excluding hydrogens is 292 g/mol. The van der Waals surface area contributed by atoms with E-state index < -0.39 is 16.1 Å². The monoisotopic (exact) mass is 304 g/mol. The predicted octanol–water partition coefficient (Wildman–Crippen LogP) is -0.0565. The number of sulfonamides is 1. The van der Waals surface area contributed by atoms with Crippen molar-refractivity contribution >= 4 is 33.3 Å².